The summed E-state index contributed by atoms with van der Waals surface area (Å²) in [4.78, 5) is 19.8. The zero-order valence-corrected chi connectivity index (χ0v) is 11.6. The van der Waals surface area contributed by atoms with Gasteiger partial charge in [-0.2, -0.15) is 0 Å². The van der Waals surface area contributed by atoms with Crippen molar-refractivity contribution in [2.24, 2.45) is 0 Å². The average Bonchev–Trinajstić information content (AvgIpc) is 2.54. The first-order chi connectivity index (χ1) is 7.90. The maximum absolute atomic E-state index is 12.2. The molecule has 1 aromatic heterocycles. The Labute approximate surface area is 106 Å². The van der Waals surface area contributed by atoms with Crippen molar-refractivity contribution in [3.63, 3.8) is 0 Å². The monoisotopic (exact) mass is 253 g/mol. The molecule has 0 saturated carbocycles. The summed E-state index contributed by atoms with van der Waals surface area (Å²) in [5.74, 6) is 0.161. The quantitative estimate of drug-likeness (QED) is 0.868. The van der Waals surface area contributed by atoms with Crippen LogP contribution < -0.4 is 5.32 Å². The van der Waals surface area contributed by atoms with Crippen LogP contribution in [0.1, 0.15) is 29.4 Å². The van der Waals surface area contributed by atoms with Crippen molar-refractivity contribution in [2.75, 3.05) is 13.1 Å². The average molecular weight is 253 g/mol. The maximum atomic E-state index is 12.2. The number of piperazine rings is 1. The first-order valence-corrected chi connectivity index (χ1v) is 6.69. The first-order valence-electron chi connectivity index (χ1n) is 5.87. The number of carbonyl (C=O) groups is 1. The van der Waals surface area contributed by atoms with Gasteiger partial charge in [0.1, 0.15) is 5.01 Å². The molecule has 1 aliphatic heterocycles. The molecule has 1 N–H and O–H groups in total. The number of amides is 1. The van der Waals surface area contributed by atoms with E-state index in [-0.39, 0.29) is 5.91 Å². The number of nitrogens with one attached hydrogen (secondary N) is 1. The standard InChI is InChI=1S/C12H19N3OS/c1-8-9(2)17-10(14-8)7-15-6-5-13-12(3,4)11(15)16/h13H,5-7H2,1-4H3. The van der Waals surface area contributed by atoms with Gasteiger partial charge in [-0.1, -0.05) is 0 Å². The topological polar surface area (TPSA) is 45.2 Å². The van der Waals surface area contributed by atoms with Crippen LogP contribution >= 0.6 is 11.3 Å². The van der Waals surface area contributed by atoms with Crippen LogP contribution in [0.15, 0.2) is 0 Å². The van der Waals surface area contributed by atoms with Crippen molar-refractivity contribution in [1.82, 2.24) is 15.2 Å². The van der Waals surface area contributed by atoms with Gasteiger partial charge in [-0.05, 0) is 27.7 Å². The number of thiazole rings is 1. The molecule has 1 amide bonds. The fraction of sp³-hybridized carbons (Fsp3) is 0.667. The van der Waals surface area contributed by atoms with E-state index in [1.807, 2.05) is 25.7 Å². The van der Waals surface area contributed by atoms with Gasteiger partial charge >= 0.3 is 0 Å². The van der Waals surface area contributed by atoms with E-state index in [9.17, 15) is 4.79 Å². The largest absolute Gasteiger partial charge is 0.333 e. The van der Waals surface area contributed by atoms with Crippen molar-refractivity contribution < 1.29 is 4.79 Å². The van der Waals surface area contributed by atoms with Gasteiger partial charge in [0.05, 0.1) is 17.8 Å². The van der Waals surface area contributed by atoms with Crippen LogP contribution in [0.4, 0.5) is 0 Å². The molecule has 0 spiro atoms. The highest BCUT2D eigenvalue weighted by molar-refractivity contribution is 7.11. The van der Waals surface area contributed by atoms with Crippen molar-refractivity contribution in [3.8, 4) is 0 Å². The zero-order valence-electron chi connectivity index (χ0n) is 10.8. The minimum absolute atomic E-state index is 0.161. The van der Waals surface area contributed by atoms with Gasteiger partial charge < -0.3 is 10.2 Å². The Hall–Kier alpha value is -0.940. The van der Waals surface area contributed by atoms with E-state index < -0.39 is 5.54 Å². The minimum Gasteiger partial charge on any atom is -0.333 e. The van der Waals surface area contributed by atoms with Crippen LogP contribution in [0, 0.1) is 13.8 Å². The summed E-state index contributed by atoms with van der Waals surface area (Å²) in [5, 5.41) is 4.27. The van der Waals surface area contributed by atoms with E-state index in [1.165, 1.54) is 4.88 Å². The van der Waals surface area contributed by atoms with Gasteiger partial charge in [-0.25, -0.2) is 4.98 Å². The van der Waals surface area contributed by atoms with Gasteiger partial charge in [0, 0.05) is 18.0 Å². The van der Waals surface area contributed by atoms with Crippen molar-refractivity contribution in [2.45, 2.75) is 39.8 Å². The Morgan fingerprint density at radius 1 is 1.47 bits per heavy atom. The first kappa shape index (κ1) is 12.5. The summed E-state index contributed by atoms with van der Waals surface area (Å²) in [6, 6.07) is 0. The second-order valence-electron chi connectivity index (χ2n) is 5.03. The summed E-state index contributed by atoms with van der Waals surface area (Å²) in [5.41, 5.74) is 0.631. The summed E-state index contributed by atoms with van der Waals surface area (Å²) in [7, 11) is 0. The smallest absolute Gasteiger partial charge is 0.242 e. The molecule has 0 unspecified atom stereocenters. The lowest BCUT2D eigenvalue weighted by molar-refractivity contribution is -0.140. The van der Waals surface area contributed by atoms with E-state index in [2.05, 4.69) is 17.2 Å². The highest BCUT2D eigenvalue weighted by Gasteiger charge is 2.35. The predicted octanol–water partition coefficient (Wildman–Crippen LogP) is 1.47. The number of hydrogen-bond acceptors (Lipinski definition) is 4. The molecule has 2 heterocycles. The highest BCUT2D eigenvalue weighted by atomic mass is 32.1. The van der Waals surface area contributed by atoms with Gasteiger partial charge in [0.2, 0.25) is 5.91 Å². The molecule has 2 rings (SSSR count). The van der Waals surface area contributed by atoms with E-state index in [0.717, 1.165) is 23.8 Å². The van der Waals surface area contributed by atoms with E-state index in [1.54, 1.807) is 11.3 Å². The number of nitrogens with zero attached hydrogens (tertiary/aromatic N) is 2. The molecule has 1 aromatic rings. The molecule has 0 aromatic carbocycles. The van der Waals surface area contributed by atoms with E-state index >= 15 is 0 Å². The molecular formula is C12H19N3OS. The third-order valence-electron chi connectivity index (χ3n) is 3.17. The predicted molar refractivity (Wildman–Crippen MR) is 69.1 cm³/mol. The Balaban J connectivity index is 2.11. The molecule has 0 bridgehead atoms. The summed E-state index contributed by atoms with van der Waals surface area (Å²) < 4.78 is 0. The summed E-state index contributed by atoms with van der Waals surface area (Å²) in [6.45, 7) is 10.2. The van der Waals surface area contributed by atoms with Crippen LogP contribution in [0.25, 0.3) is 0 Å². The molecule has 1 fully saturated rings. The van der Waals surface area contributed by atoms with Crippen LogP contribution in [0.3, 0.4) is 0 Å². The number of hydrogen-bond donors (Lipinski definition) is 1. The van der Waals surface area contributed by atoms with E-state index in [4.69, 9.17) is 0 Å². The Morgan fingerprint density at radius 2 is 2.18 bits per heavy atom. The van der Waals surface area contributed by atoms with Crippen molar-refractivity contribution in [3.05, 3.63) is 15.6 Å². The molecular weight excluding hydrogens is 234 g/mol. The van der Waals surface area contributed by atoms with Gasteiger partial charge in [-0.15, -0.1) is 11.3 Å². The Bertz CT molecular complexity index is 419. The fourth-order valence-corrected chi connectivity index (χ4v) is 2.95. The van der Waals surface area contributed by atoms with Crippen molar-refractivity contribution >= 4 is 17.2 Å². The van der Waals surface area contributed by atoms with Gasteiger partial charge in [0.15, 0.2) is 0 Å². The third kappa shape index (κ3) is 2.50. The molecule has 94 valence electrons. The van der Waals surface area contributed by atoms with Crippen LogP contribution in [0.2, 0.25) is 0 Å². The summed E-state index contributed by atoms with van der Waals surface area (Å²) >= 11 is 1.68. The highest BCUT2D eigenvalue weighted by Crippen LogP contribution is 2.20. The second kappa shape index (κ2) is 4.38. The van der Waals surface area contributed by atoms with Gasteiger partial charge in [0.25, 0.3) is 0 Å². The molecule has 1 aliphatic rings. The lowest BCUT2D eigenvalue weighted by Gasteiger charge is -2.37. The lowest BCUT2D eigenvalue weighted by Crippen LogP contribution is -2.60. The molecule has 0 atom stereocenters. The van der Waals surface area contributed by atoms with Crippen LogP contribution in [-0.4, -0.2) is 34.4 Å². The third-order valence-corrected chi connectivity index (χ3v) is 4.23. The fourth-order valence-electron chi connectivity index (χ4n) is 2.00. The van der Waals surface area contributed by atoms with Crippen LogP contribution in [-0.2, 0) is 11.3 Å². The zero-order chi connectivity index (χ0) is 12.6. The molecule has 5 heteroatoms. The SMILES string of the molecule is Cc1nc(CN2CCNC(C)(C)C2=O)sc1C. The number of rotatable bonds is 2. The van der Waals surface area contributed by atoms with E-state index in [0.29, 0.717) is 6.54 Å². The summed E-state index contributed by atoms with van der Waals surface area (Å²) in [6.07, 6.45) is 0. The molecule has 1 saturated heterocycles. The number of carbonyl (C=O) groups excluding carboxylic acids is 1. The lowest BCUT2D eigenvalue weighted by atomic mass is 10.0. The Kier molecular flexibility index (Phi) is 3.23. The second-order valence-corrected chi connectivity index (χ2v) is 6.32. The maximum Gasteiger partial charge on any atom is 0.242 e. The normalized spacial score (nSPS) is 19.8. The molecule has 0 radical (unpaired) electrons. The molecule has 17 heavy (non-hydrogen) atoms. The molecule has 0 aliphatic carbocycles. The van der Waals surface area contributed by atoms with Crippen LogP contribution in [0.5, 0.6) is 0 Å². The number of aryl methyl sites for hydroxylation is 2. The van der Waals surface area contributed by atoms with Crippen molar-refractivity contribution in [1.29, 1.82) is 0 Å². The molecule has 4 nitrogen and oxygen atoms in total. The minimum atomic E-state index is -0.445. The number of aromatic nitrogens is 1. The Morgan fingerprint density at radius 3 is 2.76 bits per heavy atom. The van der Waals surface area contributed by atoms with Gasteiger partial charge in [-0.3, -0.25) is 4.79 Å².